The molecule has 0 saturated heterocycles. The van der Waals surface area contributed by atoms with Crippen LogP contribution in [0, 0.1) is 5.95 Å². The van der Waals surface area contributed by atoms with Crippen LogP contribution in [-0.2, 0) is 6.54 Å². The molecule has 0 amide bonds. The molecule has 0 fully saturated rings. The molecule has 1 aromatic heterocycles. The predicted molar refractivity (Wildman–Crippen MR) is 71.0 cm³/mol. The molecule has 1 heterocycles. The van der Waals surface area contributed by atoms with Crippen molar-refractivity contribution < 1.29 is 4.39 Å². The minimum Gasteiger partial charge on any atom is -0.245 e. The Balaban J connectivity index is 1.79. The molecule has 0 radical (unpaired) electrons. The summed E-state index contributed by atoms with van der Waals surface area (Å²) in [5.74, 6) is -0.555. The van der Waals surface area contributed by atoms with Crippen LogP contribution in [0.5, 0.6) is 0 Å². The highest BCUT2D eigenvalue weighted by Gasteiger charge is 2.01. The van der Waals surface area contributed by atoms with Crippen LogP contribution in [0.25, 0.3) is 11.1 Å². The van der Waals surface area contributed by atoms with Gasteiger partial charge in [0.2, 0.25) is 0 Å². The van der Waals surface area contributed by atoms with Gasteiger partial charge in [-0.3, -0.25) is 0 Å². The van der Waals surface area contributed by atoms with E-state index in [-0.39, 0.29) is 0 Å². The van der Waals surface area contributed by atoms with E-state index in [1.54, 1.807) is 0 Å². The fourth-order valence-corrected chi connectivity index (χ4v) is 1.97. The Hall–Kier alpha value is -2.49. The van der Waals surface area contributed by atoms with Crippen LogP contribution in [0.3, 0.4) is 0 Å². The molecule has 0 aliphatic rings. The molecule has 0 unspecified atom stereocenters. The zero-order chi connectivity index (χ0) is 13.1. The third-order valence-electron chi connectivity index (χ3n) is 2.92. The quantitative estimate of drug-likeness (QED) is 0.718. The Morgan fingerprint density at radius 3 is 2.21 bits per heavy atom. The van der Waals surface area contributed by atoms with E-state index in [0.29, 0.717) is 6.54 Å². The molecule has 0 bridgehead atoms. The average molecular weight is 253 g/mol. The van der Waals surface area contributed by atoms with Gasteiger partial charge in [0, 0.05) is 0 Å². The van der Waals surface area contributed by atoms with E-state index in [1.165, 1.54) is 16.4 Å². The highest BCUT2D eigenvalue weighted by atomic mass is 19.1. The Labute approximate surface area is 110 Å². The summed E-state index contributed by atoms with van der Waals surface area (Å²) in [6, 6.07) is 18.3. The third kappa shape index (κ3) is 2.68. The van der Waals surface area contributed by atoms with Gasteiger partial charge < -0.3 is 0 Å². The summed E-state index contributed by atoms with van der Waals surface area (Å²) < 4.78 is 14.2. The highest BCUT2D eigenvalue weighted by Crippen LogP contribution is 2.19. The summed E-state index contributed by atoms with van der Waals surface area (Å²) in [7, 11) is 0. The summed E-state index contributed by atoms with van der Waals surface area (Å²) in [5.41, 5.74) is 3.40. The van der Waals surface area contributed by atoms with Crippen LogP contribution >= 0.6 is 0 Å². The predicted octanol–water partition coefficient (Wildman–Crippen LogP) is 3.13. The maximum Gasteiger partial charge on any atom is 0.252 e. The monoisotopic (exact) mass is 253 g/mol. The van der Waals surface area contributed by atoms with Crippen LogP contribution in [-0.4, -0.2) is 15.0 Å². The number of rotatable bonds is 3. The molecule has 0 aliphatic carbocycles. The first-order valence-corrected chi connectivity index (χ1v) is 6.01. The summed E-state index contributed by atoms with van der Waals surface area (Å²) in [5, 5.41) is 7.01. The van der Waals surface area contributed by atoms with Gasteiger partial charge in [0.05, 0.1) is 12.7 Å². The zero-order valence-corrected chi connectivity index (χ0v) is 10.2. The second-order valence-electron chi connectivity index (χ2n) is 4.30. The average Bonchev–Trinajstić information content (AvgIpc) is 2.86. The van der Waals surface area contributed by atoms with E-state index < -0.39 is 5.95 Å². The molecule has 0 N–H and O–H groups in total. The molecule has 3 aromatic rings. The lowest BCUT2D eigenvalue weighted by Gasteiger charge is -2.04. The van der Waals surface area contributed by atoms with Crippen molar-refractivity contribution in [1.29, 1.82) is 0 Å². The van der Waals surface area contributed by atoms with Crippen LogP contribution in [0.4, 0.5) is 4.39 Å². The van der Waals surface area contributed by atoms with E-state index in [9.17, 15) is 4.39 Å². The first-order chi connectivity index (χ1) is 9.31. The lowest BCUT2D eigenvalue weighted by molar-refractivity contribution is 0.578. The van der Waals surface area contributed by atoms with Crippen molar-refractivity contribution in [1.82, 2.24) is 15.0 Å². The largest absolute Gasteiger partial charge is 0.252 e. The van der Waals surface area contributed by atoms with Crippen molar-refractivity contribution >= 4 is 0 Å². The van der Waals surface area contributed by atoms with Crippen molar-refractivity contribution in [2.45, 2.75) is 6.54 Å². The zero-order valence-electron chi connectivity index (χ0n) is 10.2. The normalized spacial score (nSPS) is 10.6. The Morgan fingerprint density at radius 1 is 0.895 bits per heavy atom. The number of benzene rings is 2. The fraction of sp³-hybridized carbons (Fsp3) is 0.0667. The molecule has 3 nitrogen and oxygen atoms in total. The number of nitrogens with zero attached hydrogens (tertiary/aromatic N) is 3. The SMILES string of the molecule is Fc1cn(Cc2ccc(-c3ccccc3)cc2)nn1. The Kier molecular flexibility index (Phi) is 3.06. The van der Waals surface area contributed by atoms with Gasteiger partial charge in [-0.2, -0.15) is 4.39 Å². The van der Waals surface area contributed by atoms with E-state index in [4.69, 9.17) is 0 Å². The van der Waals surface area contributed by atoms with E-state index in [2.05, 4.69) is 34.6 Å². The van der Waals surface area contributed by atoms with Crippen molar-refractivity contribution in [2.24, 2.45) is 0 Å². The highest BCUT2D eigenvalue weighted by molar-refractivity contribution is 5.63. The molecule has 0 saturated carbocycles. The number of halogens is 1. The Bertz CT molecular complexity index is 659. The van der Waals surface area contributed by atoms with Gasteiger partial charge in [-0.15, -0.1) is 0 Å². The minimum atomic E-state index is -0.555. The van der Waals surface area contributed by atoms with Crippen molar-refractivity contribution in [3.63, 3.8) is 0 Å². The Morgan fingerprint density at radius 2 is 1.58 bits per heavy atom. The molecule has 0 spiro atoms. The summed E-state index contributed by atoms with van der Waals surface area (Å²) in [4.78, 5) is 0. The van der Waals surface area contributed by atoms with E-state index in [1.807, 2.05) is 30.3 Å². The molecule has 0 atom stereocenters. The van der Waals surface area contributed by atoms with Gasteiger partial charge in [0.1, 0.15) is 0 Å². The van der Waals surface area contributed by atoms with Gasteiger partial charge >= 0.3 is 0 Å². The van der Waals surface area contributed by atoms with Gasteiger partial charge in [-0.25, -0.2) is 4.68 Å². The van der Waals surface area contributed by atoms with Crippen LogP contribution in [0.15, 0.2) is 60.8 Å². The maximum absolute atomic E-state index is 12.7. The third-order valence-corrected chi connectivity index (χ3v) is 2.92. The number of aromatic nitrogens is 3. The number of hydrogen-bond acceptors (Lipinski definition) is 2. The maximum atomic E-state index is 12.7. The van der Waals surface area contributed by atoms with Gasteiger partial charge in [-0.05, 0) is 16.7 Å². The summed E-state index contributed by atoms with van der Waals surface area (Å²) >= 11 is 0. The van der Waals surface area contributed by atoms with E-state index in [0.717, 1.165) is 11.1 Å². The molecule has 4 heteroatoms. The molecule has 2 aromatic carbocycles. The minimum absolute atomic E-state index is 0.520. The van der Waals surface area contributed by atoms with Crippen LogP contribution in [0.2, 0.25) is 0 Å². The number of hydrogen-bond donors (Lipinski definition) is 0. The smallest absolute Gasteiger partial charge is 0.245 e. The fourth-order valence-electron chi connectivity index (χ4n) is 1.97. The summed E-state index contributed by atoms with van der Waals surface area (Å²) in [6.45, 7) is 0.520. The molecule has 3 rings (SSSR count). The lowest BCUT2D eigenvalue weighted by Crippen LogP contribution is -2.00. The molecular weight excluding hydrogens is 241 g/mol. The van der Waals surface area contributed by atoms with Gasteiger partial charge in [-0.1, -0.05) is 64.9 Å². The second kappa shape index (κ2) is 5.02. The van der Waals surface area contributed by atoms with Crippen molar-refractivity contribution in [2.75, 3.05) is 0 Å². The molecule has 94 valence electrons. The van der Waals surface area contributed by atoms with Crippen molar-refractivity contribution in [3.8, 4) is 11.1 Å². The summed E-state index contributed by atoms with van der Waals surface area (Å²) in [6.07, 6.45) is 1.28. The topological polar surface area (TPSA) is 30.7 Å². The molecular formula is C15H12FN3. The van der Waals surface area contributed by atoms with E-state index >= 15 is 0 Å². The van der Waals surface area contributed by atoms with Crippen LogP contribution in [0.1, 0.15) is 5.56 Å². The first-order valence-electron chi connectivity index (χ1n) is 6.01. The van der Waals surface area contributed by atoms with Gasteiger partial charge in [0.15, 0.2) is 0 Å². The second-order valence-corrected chi connectivity index (χ2v) is 4.30. The van der Waals surface area contributed by atoms with Crippen LogP contribution < -0.4 is 0 Å². The van der Waals surface area contributed by atoms with Crippen molar-refractivity contribution in [3.05, 3.63) is 72.3 Å². The standard InChI is InChI=1S/C15H12FN3/c16-15-11-19(18-17-15)10-12-6-8-14(9-7-12)13-4-2-1-3-5-13/h1-9,11H,10H2. The lowest BCUT2D eigenvalue weighted by atomic mass is 10.0. The molecule has 19 heavy (non-hydrogen) atoms. The van der Waals surface area contributed by atoms with Gasteiger partial charge in [0.25, 0.3) is 5.95 Å². The first kappa shape index (κ1) is 11.6. The molecule has 0 aliphatic heterocycles.